The molecule has 0 spiro atoms. The predicted molar refractivity (Wildman–Crippen MR) is 47.7 cm³/mol. The molecular formula is C8H13N2Sn+. The van der Waals surface area contributed by atoms with Crippen LogP contribution in [0.4, 0.5) is 0 Å². The van der Waals surface area contributed by atoms with E-state index in [0.29, 0.717) is 0 Å². The Morgan fingerprint density at radius 1 is 1.18 bits per heavy atom. The van der Waals surface area contributed by atoms with Crippen molar-refractivity contribution in [2.75, 3.05) is 21.1 Å². The number of rotatable bonds is 2. The normalized spacial score (nSPS) is 11.5. The summed E-state index contributed by atoms with van der Waals surface area (Å²) in [5, 5.41) is 0. The molecule has 3 heteroatoms. The van der Waals surface area contributed by atoms with E-state index in [9.17, 15) is 0 Å². The van der Waals surface area contributed by atoms with Gasteiger partial charge in [0.2, 0.25) is 0 Å². The van der Waals surface area contributed by atoms with E-state index in [0.717, 1.165) is 2.70 Å². The Balaban J connectivity index is 2.66. The molecule has 1 aromatic heterocycles. The van der Waals surface area contributed by atoms with Crippen molar-refractivity contribution in [3.05, 3.63) is 24.5 Å². The van der Waals surface area contributed by atoms with Gasteiger partial charge in [0.15, 0.2) is 0 Å². The molecule has 0 saturated carbocycles. The van der Waals surface area contributed by atoms with Crippen LogP contribution in [0.25, 0.3) is 0 Å². The van der Waals surface area contributed by atoms with Crippen LogP contribution in [-0.2, 0) is 0 Å². The van der Waals surface area contributed by atoms with E-state index in [1.165, 1.54) is 3.58 Å². The minimum atomic E-state index is -0.452. The minimum absolute atomic E-state index is 0.452. The van der Waals surface area contributed by atoms with Crippen LogP contribution in [0.5, 0.6) is 0 Å². The molecule has 0 unspecified atom stereocenters. The van der Waals surface area contributed by atoms with E-state index in [2.05, 4.69) is 38.3 Å². The molecule has 1 rings (SSSR count). The zero-order valence-electron chi connectivity index (χ0n) is 7.20. The average Bonchev–Trinajstić information content (AvgIpc) is 1.85. The van der Waals surface area contributed by atoms with Gasteiger partial charge in [-0.05, 0) is 0 Å². The van der Waals surface area contributed by atoms with Crippen LogP contribution < -0.4 is 3.58 Å². The zero-order valence-corrected chi connectivity index (χ0v) is 10.1. The fourth-order valence-electron chi connectivity index (χ4n) is 0.814. The molecule has 0 bridgehead atoms. The summed E-state index contributed by atoms with van der Waals surface area (Å²) in [5.41, 5.74) is 0. The van der Waals surface area contributed by atoms with Gasteiger partial charge in [-0.2, -0.15) is 0 Å². The third-order valence-corrected chi connectivity index (χ3v) is 4.75. The molecule has 0 aromatic carbocycles. The Kier molecular flexibility index (Phi) is 2.89. The summed E-state index contributed by atoms with van der Waals surface area (Å²) >= 11 is -0.452. The summed E-state index contributed by atoms with van der Waals surface area (Å²) in [6, 6.07) is 4.27. The van der Waals surface area contributed by atoms with Crippen molar-refractivity contribution in [1.29, 1.82) is 0 Å². The Hall–Kier alpha value is -0.0913. The van der Waals surface area contributed by atoms with Crippen molar-refractivity contribution in [1.82, 2.24) is 4.98 Å². The van der Waals surface area contributed by atoms with E-state index in [-0.39, 0.29) is 0 Å². The Morgan fingerprint density at radius 2 is 1.73 bits per heavy atom. The first-order chi connectivity index (χ1) is 5.08. The standard InChI is InChI=1S/C5H4N.C3H9N.Sn/c1-2-4-6-5-3-1;1-4(2)3;/h2-5H;1-3H3;/q;;+1. The van der Waals surface area contributed by atoms with Crippen molar-refractivity contribution >= 4 is 25.0 Å². The summed E-state index contributed by atoms with van der Waals surface area (Å²) in [5.74, 6) is 0. The summed E-state index contributed by atoms with van der Waals surface area (Å²) in [6.07, 6.45) is 3.76. The van der Waals surface area contributed by atoms with Crippen molar-refractivity contribution in [2.24, 2.45) is 0 Å². The van der Waals surface area contributed by atoms with Gasteiger partial charge in [0.1, 0.15) is 0 Å². The van der Waals surface area contributed by atoms with Gasteiger partial charge >= 0.3 is 78.4 Å². The molecule has 0 atom stereocenters. The SMILES string of the molecule is C[N+](C)(C)[Sn][c]1ccncc1. The number of aromatic nitrogens is 1. The Bertz CT molecular complexity index is 215. The third-order valence-electron chi connectivity index (χ3n) is 1.14. The molecule has 0 amide bonds. The molecule has 2 nitrogen and oxygen atoms in total. The maximum atomic E-state index is 4.00. The second kappa shape index (κ2) is 3.54. The van der Waals surface area contributed by atoms with Crippen molar-refractivity contribution in [3.8, 4) is 0 Å². The van der Waals surface area contributed by atoms with Crippen LogP contribution >= 0.6 is 0 Å². The maximum absolute atomic E-state index is 4.00. The molecule has 0 fully saturated rings. The van der Waals surface area contributed by atoms with E-state index in [1.54, 1.807) is 0 Å². The molecule has 58 valence electrons. The number of nitrogens with zero attached hydrogens (tertiary/aromatic N) is 2. The van der Waals surface area contributed by atoms with Crippen LogP contribution in [0.3, 0.4) is 0 Å². The van der Waals surface area contributed by atoms with Gasteiger partial charge in [-0.25, -0.2) is 0 Å². The molecule has 0 aliphatic rings. The van der Waals surface area contributed by atoms with E-state index >= 15 is 0 Å². The molecule has 0 saturated heterocycles. The predicted octanol–water partition coefficient (Wildman–Crippen LogP) is 0.0323. The van der Waals surface area contributed by atoms with Gasteiger partial charge in [-0.1, -0.05) is 0 Å². The van der Waals surface area contributed by atoms with Crippen LogP contribution in [-0.4, -0.2) is 50.2 Å². The molecule has 1 aromatic rings. The molecule has 0 N–H and O–H groups in total. The molecule has 11 heavy (non-hydrogen) atoms. The molecular weight excluding hydrogens is 243 g/mol. The van der Waals surface area contributed by atoms with Gasteiger partial charge < -0.3 is 0 Å². The average molecular weight is 256 g/mol. The van der Waals surface area contributed by atoms with E-state index in [1.807, 2.05) is 12.4 Å². The fraction of sp³-hybridized carbons (Fsp3) is 0.375. The summed E-state index contributed by atoms with van der Waals surface area (Å²) in [6.45, 7) is 0. The van der Waals surface area contributed by atoms with Gasteiger partial charge in [0.25, 0.3) is 0 Å². The number of pyridine rings is 1. The van der Waals surface area contributed by atoms with Gasteiger partial charge in [-0.3, -0.25) is 0 Å². The molecule has 0 aliphatic heterocycles. The van der Waals surface area contributed by atoms with Crippen molar-refractivity contribution in [3.63, 3.8) is 0 Å². The fourth-order valence-corrected chi connectivity index (χ4v) is 3.88. The van der Waals surface area contributed by atoms with Crippen LogP contribution in [0.1, 0.15) is 0 Å². The van der Waals surface area contributed by atoms with E-state index in [4.69, 9.17) is 0 Å². The molecule has 0 aliphatic carbocycles. The van der Waals surface area contributed by atoms with Gasteiger partial charge in [0.05, 0.1) is 0 Å². The van der Waals surface area contributed by atoms with Crippen LogP contribution in [0.2, 0.25) is 0 Å². The van der Waals surface area contributed by atoms with Crippen LogP contribution in [0.15, 0.2) is 24.5 Å². The van der Waals surface area contributed by atoms with Crippen molar-refractivity contribution < 1.29 is 2.70 Å². The summed E-state index contributed by atoms with van der Waals surface area (Å²) < 4.78 is 2.64. The Labute approximate surface area is 78.4 Å². The molecule has 1 heterocycles. The number of hydrogen-bond donors (Lipinski definition) is 0. The zero-order chi connectivity index (χ0) is 8.32. The van der Waals surface area contributed by atoms with Crippen molar-refractivity contribution in [2.45, 2.75) is 0 Å². The van der Waals surface area contributed by atoms with Gasteiger partial charge in [-0.15, -0.1) is 0 Å². The third kappa shape index (κ3) is 3.72. The first kappa shape index (κ1) is 9.00. The topological polar surface area (TPSA) is 12.9 Å². The Morgan fingerprint density at radius 3 is 2.18 bits per heavy atom. The summed E-state index contributed by atoms with van der Waals surface area (Å²) in [4.78, 5) is 4.00. The van der Waals surface area contributed by atoms with Gasteiger partial charge in [0, 0.05) is 0 Å². The second-order valence-corrected chi connectivity index (χ2v) is 9.48. The number of quaternary nitrogens is 1. The van der Waals surface area contributed by atoms with Crippen LogP contribution in [0, 0.1) is 0 Å². The monoisotopic (exact) mass is 257 g/mol. The second-order valence-electron chi connectivity index (χ2n) is 3.36. The molecule has 2 radical (unpaired) electrons. The first-order valence-corrected chi connectivity index (χ1v) is 6.28. The number of hydrogen-bond acceptors (Lipinski definition) is 1. The first-order valence-electron chi connectivity index (χ1n) is 3.58. The van der Waals surface area contributed by atoms with E-state index < -0.39 is 21.4 Å². The summed E-state index contributed by atoms with van der Waals surface area (Å²) in [7, 11) is 6.77. The quantitative estimate of drug-likeness (QED) is 0.680.